The van der Waals surface area contributed by atoms with Gasteiger partial charge >= 0.3 is 18.5 Å². The average Bonchev–Trinajstić information content (AvgIpc) is 2.13. The van der Waals surface area contributed by atoms with Gasteiger partial charge in [-0.2, -0.15) is 13.2 Å². The zero-order valence-electron chi connectivity index (χ0n) is 9.43. The summed E-state index contributed by atoms with van der Waals surface area (Å²) in [5, 5.41) is -0.932. The second-order valence-corrected chi connectivity index (χ2v) is 2.78. The summed E-state index contributed by atoms with van der Waals surface area (Å²) in [6, 6.07) is 0. The van der Waals surface area contributed by atoms with Crippen LogP contribution < -0.4 is 0 Å². The Morgan fingerprint density at radius 2 is 1.61 bits per heavy atom. The van der Waals surface area contributed by atoms with E-state index in [0.29, 0.717) is 0 Å². The number of nitrogens with zero attached hydrogens (tertiary/aromatic N) is 3. The molecule has 1 aliphatic heterocycles. The lowest BCUT2D eigenvalue weighted by molar-refractivity contribution is -0.639. The predicted octanol–water partition coefficient (Wildman–Crippen LogP) is 1.42. The first kappa shape index (κ1) is 14.3. The number of carbonyl (C=O) groups excluding carboxylic acids is 2. The Hall–Kier alpha value is -1.75. The number of carbonyl (C=O) groups is 2. The minimum Gasteiger partial charge on any atom is -0.447 e. The van der Waals surface area contributed by atoms with E-state index in [2.05, 4.69) is 14.4 Å². The Balaban J connectivity index is 2.78. The Bertz CT molecular complexity index is 337. The summed E-state index contributed by atoms with van der Waals surface area (Å²) in [4.78, 5) is 26.4. The van der Waals surface area contributed by atoms with Gasteiger partial charge in [0.15, 0.2) is 0 Å². The van der Waals surface area contributed by atoms with E-state index in [-0.39, 0.29) is 23.5 Å². The van der Waals surface area contributed by atoms with Crippen molar-refractivity contribution in [3.05, 3.63) is 0 Å². The van der Waals surface area contributed by atoms with Crippen LogP contribution in [-0.4, -0.2) is 47.2 Å². The molecule has 0 N–H and O–H groups in total. The van der Waals surface area contributed by atoms with E-state index in [1.807, 2.05) is 0 Å². The molecule has 0 aliphatic carbocycles. The first-order chi connectivity index (χ1) is 8.32. The molecule has 0 atom stereocenters. The van der Waals surface area contributed by atoms with Gasteiger partial charge in [0.2, 0.25) is 0 Å². The third-order valence-corrected chi connectivity index (χ3v) is 1.57. The number of hydrazine groups is 2. The number of alkyl halides is 3. The van der Waals surface area contributed by atoms with Crippen LogP contribution in [0.15, 0.2) is 0 Å². The monoisotopic (exact) mass is 273 g/mol. The average molecular weight is 273 g/mol. The summed E-state index contributed by atoms with van der Waals surface area (Å²) in [6.45, 7) is 2.57. The topological polar surface area (TPSA) is 71.5 Å². The molecule has 0 saturated carbocycles. The fourth-order valence-electron chi connectivity index (χ4n) is 0.961. The fraction of sp³-hybridized carbons (Fsp3) is 0.714. The highest BCUT2D eigenvalue weighted by Gasteiger charge is 2.60. The number of rotatable bonds is 2. The number of hydrogen-bond donors (Lipinski definition) is 0. The van der Waals surface area contributed by atoms with Gasteiger partial charge in [-0.25, -0.2) is 9.59 Å². The largest absolute Gasteiger partial charge is 0.505 e. The van der Waals surface area contributed by atoms with Crippen molar-refractivity contribution >= 4 is 12.2 Å². The molecule has 1 aliphatic rings. The van der Waals surface area contributed by atoms with Crippen molar-refractivity contribution in [3.8, 4) is 0 Å². The van der Waals surface area contributed by atoms with Crippen LogP contribution in [0.4, 0.5) is 22.8 Å². The van der Waals surface area contributed by atoms with Gasteiger partial charge in [-0.1, -0.05) is 5.12 Å². The van der Waals surface area contributed by atoms with Gasteiger partial charge in [-0.3, -0.25) is 0 Å². The molecule has 0 aromatic rings. The first-order valence-electron chi connectivity index (χ1n) is 4.81. The minimum absolute atomic E-state index is 0.00498. The Morgan fingerprint density at radius 1 is 1.11 bits per heavy atom. The fourth-order valence-corrected chi connectivity index (χ4v) is 0.961. The molecule has 0 radical (unpaired) electrons. The first-order valence-corrected chi connectivity index (χ1v) is 4.81. The van der Waals surface area contributed by atoms with Gasteiger partial charge in [0.1, 0.15) is 0 Å². The highest BCUT2D eigenvalue weighted by Crippen LogP contribution is 2.33. The van der Waals surface area contributed by atoms with Crippen molar-refractivity contribution in [1.82, 2.24) is 15.5 Å². The maximum Gasteiger partial charge on any atom is 0.505 e. The Morgan fingerprint density at radius 3 is 2.06 bits per heavy atom. The highest BCUT2D eigenvalue weighted by molar-refractivity contribution is 5.73. The van der Waals surface area contributed by atoms with Crippen molar-refractivity contribution in [2.45, 2.75) is 20.1 Å². The van der Waals surface area contributed by atoms with Crippen molar-refractivity contribution in [2.24, 2.45) is 0 Å². The minimum atomic E-state index is -5.00. The summed E-state index contributed by atoms with van der Waals surface area (Å²) >= 11 is 0. The van der Waals surface area contributed by atoms with Gasteiger partial charge < -0.3 is 9.47 Å². The zero-order valence-corrected chi connectivity index (χ0v) is 9.43. The maximum atomic E-state index is 12.3. The van der Waals surface area contributed by atoms with E-state index in [4.69, 9.17) is 0 Å². The second kappa shape index (κ2) is 5.27. The third-order valence-electron chi connectivity index (χ3n) is 1.57. The molecule has 18 heavy (non-hydrogen) atoms. The molecule has 1 fully saturated rings. The molecule has 0 bridgehead atoms. The van der Waals surface area contributed by atoms with Gasteiger partial charge in [-0.15, -0.1) is 4.94 Å². The quantitative estimate of drug-likeness (QED) is 0.708. The number of hydrogen-bond acceptors (Lipinski definition) is 6. The van der Waals surface area contributed by atoms with E-state index in [1.54, 1.807) is 0 Å². The highest BCUT2D eigenvalue weighted by atomic mass is 19.4. The van der Waals surface area contributed by atoms with E-state index in [9.17, 15) is 22.8 Å². The summed E-state index contributed by atoms with van der Waals surface area (Å²) < 4.78 is 45.8. The van der Waals surface area contributed by atoms with Crippen LogP contribution in [0.3, 0.4) is 0 Å². The molecule has 8 nitrogen and oxygen atoms in total. The lowest BCUT2D eigenvalue weighted by Gasteiger charge is -2.45. The molecule has 1 saturated heterocycles. The van der Waals surface area contributed by atoms with Gasteiger partial charge in [0, 0.05) is 0 Å². The summed E-state index contributed by atoms with van der Waals surface area (Å²) in [5.41, 5.74) is 0. The van der Waals surface area contributed by atoms with Gasteiger partial charge in [0.05, 0.1) is 18.4 Å². The van der Waals surface area contributed by atoms with Crippen molar-refractivity contribution < 1.29 is 37.2 Å². The lowest BCUT2D eigenvalue weighted by atomic mass is 10.8. The van der Waals surface area contributed by atoms with E-state index >= 15 is 0 Å². The lowest BCUT2D eigenvalue weighted by Crippen LogP contribution is -2.73. The molecule has 0 aromatic carbocycles. The molecule has 0 unspecified atom stereocenters. The Labute approximate surface area is 99.2 Å². The van der Waals surface area contributed by atoms with Crippen LogP contribution in [0.2, 0.25) is 0 Å². The number of hydroxylamine groups is 2. The maximum absolute atomic E-state index is 12.3. The number of halogens is 3. The summed E-state index contributed by atoms with van der Waals surface area (Å²) in [6.07, 6.45) is -7.70. The van der Waals surface area contributed by atoms with E-state index in [1.165, 1.54) is 13.8 Å². The predicted molar refractivity (Wildman–Crippen MR) is 46.7 cm³/mol. The molecule has 11 heteroatoms. The van der Waals surface area contributed by atoms with E-state index in [0.717, 1.165) is 0 Å². The van der Waals surface area contributed by atoms with Crippen LogP contribution >= 0.6 is 0 Å². The molecule has 1 rings (SSSR count). The van der Waals surface area contributed by atoms with Gasteiger partial charge in [-0.05, 0) is 19.0 Å². The van der Waals surface area contributed by atoms with E-state index < -0.39 is 23.7 Å². The summed E-state index contributed by atoms with van der Waals surface area (Å²) in [7, 11) is 0. The SMILES string of the molecule is CCOC(=O)N1ON(C(F)(F)F)N1C(=O)OCC. The molecule has 0 spiro atoms. The molecule has 0 aromatic heterocycles. The summed E-state index contributed by atoms with van der Waals surface area (Å²) in [5.74, 6) is 0. The molecular formula is C7H10F3N3O5. The van der Waals surface area contributed by atoms with Crippen molar-refractivity contribution in [2.75, 3.05) is 13.2 Å². The smallest absolute Gasteiger partial charge is 0.447 e. The third kappa shape index (κ3) is 2.73. The normalized spacial score (nSPS) is 16.3. The van der Waals surface area contributed by atoms with Crippen LogP contribution in [0.1, 0.15) is 13.8 Å². The standard InChI is InChI=1S/C7H10F3N3O5/c1-3-16-5(14)11-12(6(15)17-4-2)18-13(11)7(8,9)10/h3-4H2,1-2H3. The number of ether oxygens (including phenoxy) is 2. The zero-order chi connectivity index (χ0) is 13.9. The van der Waals surface area contributed by atoms with Gasteiger partial charge in [0.25, 0.3) is 0 Å². The number of amides is 2. The Kier molecular flexibility index (Phi) is 4.19. The molecule has 2 amide bonds. The molecule has 104 valence electrons. The van der Waals surface area contributed by atoms with Crippen LogP contribution in [0, 0.1) is 0 Å². The van der Waals surface area contributed by atoms with Crippen LogP contribution in [0.5, 0.6) is 0 Å². The second-order valence-electron chi connectivity index (χ2n) is 2.78. The van der Waals surface area contributed by atoms with Crippen molar-refractivity contribution in [1.29, 1.82) is 0 Å². The van der Waals surface area contributed by atoms with Crippen LogP contribution in [-0.2, 0) is 14.4 Å². The van der Waals surface area contributed by atoms with Crippen LogP contribution in [0.25, 0.3) is 0 Å². The molecular weight excluding hydrogens is 263 g/mol. The van der Waals surface area contributed by atoms with Crippen molar-refractivity contribution in [3.63, 3.8) is 0 Å². The molecule has 1 heterocycles.